The molecule has 0 bridgehead atoms. The summed E-state index contributed by atoms with van der Waals surface area (Å²) < 4.78 is 0. The molecule has 7 nitrogen and oxygen atoms in total. The van der Waals surface area contributed by atoms with Crippen LogP contribution in [0.3, 0.4) is 0 Å². The molecule has 4 rings (SSSR count). The van der Waals surface area contributed by atoms with Crippen molar-refractivity contribution in [2.75, 3.05) is 25.0 Å². The number of hydrogen-bond acceptors (Lipinski definition) is 3. The number of carbonyl (C=O) groups excluding carboxylic acids is 1. The van der Waals surface area contributed by atoms with Gasteiger partial charge in [-0.1, -0.05) is 30.3 Å². The van der Waals surface area contributed by atoms with Gasteiger partial charge in [-0.25, -0.2) is 4.98 Å². The fourth-order valence-electron chi connectivity index (χ4n) is 3.79. The van der Waals surface area contributed by atoms with Crippen molar-refractivity contribution < 1.29 is 4.79 Å². The minimum Gasteiger partial charge on any atom is -0.357 e. The van der Waals surface area contributed by atoms with Crippen molar-refractivity contribution in [3.8, 4) is 0 Å². The third-order valence-corrected chi connectivity index (χ3v) is 5.24. The van der Waals surface area contributed by atoms with Gasteiger partial charge in [0, 0.05) is 37.5 Å². The number of aryl methyl sites for hydroxylation is 1. The molecule has 1 aromatic heterocycles. The molecule has 0 saturated heterocycles. The predicted molar refractivity (Wildman–Crippen MR) is 121 cm³/mol. The van der Waals surface area contributed by atoms with Crippen molar-refractivity contribution in [2.24, 2.45) is 4.99 Å². The van der Waals surface area contributed by atoms with Crippen LogP contribution in [0.5, 0.6) is 0 Å². The van der Waals surface area contributed by atoms with Gasteiger partial charge in [0.05, 0.1) is 17.6 Å². The highest BCUT2D eigenvalue weighted by molar-refractivity contribution is 5.94. The quantitative estimate of drug-likeness (QED) is 0.276. The molecule has 2 aromatic carbocycles. The zero-order valence-electron chi connectivity index (χ0n) is 17.2. The zero-order chi connectivity index (χ0) is 20.8. The largest absolute Gasteiger partial charge is 0.357 e. The number of carbonyl (C=O) groups is 1. The first kappa shape index (κ1) is 19.9. The fraction of sp³-hybridized carbons (Fsp3) is 0.348. The first-order valence-electron chi connectivity index (χ1n) is 10.6. The third kappa shape index (κ3) is 4.79. The van der Waals surface area contributed by atoms with Gasteiger partial charge in [-0.15, -0.1) is 0 Å². The summed E-state index contributed by atoms with van der Waals surface area (Å²) in [6, 6.07) is 16.1. The van der Waals surface area contributed by atoms with E-state index in [1.54, 1.807) is 0 Å². The SMILES string of the molecule is CCNC(=NCC1CC(=O)Nc2ccccc21)NCCCc1nc2ccccc2[nH]1. The maximum Gasteiger partial charge on any atom is 0.225 e. The number of guanidine groups is 1. The van der Waals surface area contributed by atoms with E-state index >= 15 is 0 Å². The average molecular weight is 405 g/mol. The van der Waals surface area contributed by atoms with Crippen molar-refractivity contribution in [1.82, 2.24) is 20.6 Å². The molecule has 0 radical (unpaired) electrons. The number of aromatic amines is 1. The second kappa shape index (κ2) is 9.43. The highest BCUT2D eigenvalue weighted by Crippen LogP contribution is 2.31. The molecule has 30 heavy (non-hydrogen) atoms. The predicted octanol–water partition coefficient (Wildman–Crippen LogP) is 3.18. The van der Waals surface area contributed by atoms with E-state index in [2.05, 4.69) is 38.9 Å². The Bertz CT molecular complexity index is 1010. The Morgan fingerprint density at radius 3 is 2.87 bits per heavy atom. The normalized spacial score (nSPS) is 16.2. The molecule has 4 N–H and O–H groups in total. The first-order chi connectivity index (χ1) is 14.7. The third-order valence-electron chi connectivity index (χ3n) is 5.24. The van der Waals surface area contributed by atoms with Crippen LogP contribution in [0.15, 0.2) is 53.5 Å². The van der Waals surface area contributed by atoms with E-state index in [0.29, 0.717) is 13.0 Å². The lowest BCUT2D eigenvalue weighted by atomic mass is 9.91. The van der Waals surface area contributed by atoms with E-state index in [-0.39, 0.29) is 11.8 Å². The summed E-state index contributed by atoms with van der Waals surface area (Å²) in [6.45, 7) is 4.21. The number of fused-ring (bicyclic) bond motifs is 2. The van der Waals surface area contributed by atoms with Crippen molar-refractivity contribution >= 4 is 28.6 Å². The number of nitrogens with zero attached hydrogens (tertiary/aromatic N) is 2. The number of imidazole rings is 1. The van der Waals surface area contributed by atoms with Crippen LogP contribution in [0.2, 0.25) is 0 Å². The summed E-state index contributed by atoms with van der Waals surface area (Å²) in [5.74, 6) is 1.94. The van der Waals surface area contributed by atoms with Crippen LogP contribution in [0.1, 0.15) is 37.1 Å². The number of H-pyrrole nitrogens is 1. The molecule has 0 fully saturated rings. The number of rotatable bonds is 7. The number of amides is 1. The fourth-order valence-corrected chi connectivity index (χ4v) is 3.79. The van der Waals surface area contributed by atoms with Crippen LogP contribution in [-0.4, -0.2) is 41.5 Å². The number of benzene rings is 2. The molecule has 0 saturated carbocycles. The number of para-hydroxylation sites is 3. The minimum absolute atomic E-state index is 0.0534. The monoisotopic (exact) mass is 404 g/mol. The molecular formula is C23H28N6O. The van der Waals surface area contributed by atoms with Gasteiger partial charge >= 0.3 is 0 Å². The molecule has 1 amide bonds. The Morgan fingerprint density at radius 1 is 1.17 bits per heavy atom. The molecule has 1 atom stereocenters. The van der Waals surface area contributed by atoms with Gasteiger partial charge in [-0.05, 0) is 37.1 Å². The Hall–Kier alpha value is -3.35. The Labute approximate surface area is 176 Å². The maximum absolute atomic E-state index is 12.0. The lowest BCUT2D eigenvalue weighted by molar-refractivity contribution is -0.116. The summed E-state index contributed by atoms with van der Waals surface area (Å²) in [5, 5.41) is 9.63. The number of aliphatic imine (C=N–C) groups is 1. The number of hydrogen-bond donors (Lipinski definition) is 4. The summed E-state index contributed by atoms with van der Waals surface area (Å²) in [6.07, 6.45) is 2.28. The summed E-state index contributed by atoms with van der Waals surface area (Å²) >= 11 is 0. The maximum atomic E-state index is 12.0. The van der Waals surface area contributed by atoms with E-state index in [9.17, 15) is 4.79 Å². The van der Waals surface area contributed by atoms with Gasteiger partial charge in [0.1, 0.15) is 5.82 Å². The number of nitrogens with one attached hydrogen (secondary N) is 4. The second-order valence-corrected chi connectivity index (χ2v) is 7.49. The van der Waals surface area contributed by atoms with Gasteiger partial charge < -0.3 is 20.9 Å². The molecule has 156 valence electrons. The number of aromatic nitrogens is 2. The van der Waals surface area contributed by atoms with E-state index in [4.69, 9.17) is 4.99 Å². The topological polar surface area (TPSA) is 94.2 Å². The number of anilines is 1. The van der Waals surface area contributed by atoms with E-state index < -0.39 is 0 Å². The van der Waals surface area contributed by atoms with Crippen molar-refractivity contribution in [3.05, 3.63) is 59.9 Å². The van der Waals surface area contributed by atoms with Gasteiger partial charge in [0.2, 0.25) is 5.91 Å². The van der Waals surface area contributed by atoms with E-state index in [1.807, 2.05) is 42.5 Å². The second-order valence-electron chi connectivity index (χ2n) is 7.49. The molecule has 2 heterocycles. The summed E-state index contributed by atoms with van der Waals surface area (Å²) in [5.41, 5.74) is 4.14. The van der Waals surface area contributed by atoms with Gasteiger partial charge in [0.25, 0.3) is 0 Å². The van der Waals surface area contributed by atoms with Gasteiger partial charge in [0.15, 0.2) is 5.96 Å². The molecule has 0 aliphatic carbocycles. The van der Waals surface area contributed by atoms with E-state index in [1.165, 1.54) is 0 Å². The van der Waals surface area contributed by atoms with Gasteiger partial charge in [-0.3, -0.25) is 9.79 Å². The lowest BCUT2D eigenvalue weighted by Gasteiger charge is -2.24. The molecule has 7 heteroatoms. The lowest BCUT2D eigenvalue weighted by Crippen LogP contribution is -2.38. The Morgan fingerprint density at radius 2 is 2.00 bits per heavy atom. The molecule has 1 unspecified atom stereocenters. The van der Waals surface area contributed by atoms with Gasteiger partial charge in [-0.2, -0.15) is 0 Å². The highest BCUT2D eigenvalue weighted by Gasteiger charge is 2.24. The van der Waals surface area contributed by atoms with Crippen LogP contribution in [-0.2, 0) is 11.2 Å². The molecule has 1 aliphatic rings. The van der Waals surface area contributed by atoms with Crippen molar-refractivity contribution in [2.45, 2.75) is 32.1 Å². The molecule has 0 spiro atoms. The Balaban J connectivity index is 1.32. The Kier molecular flexibility index (Phi) is 6.27. The summed E-state index contributed by atoms with van der Waals surface area (Å²) in [7, 11) is 0. The smallest absolute Gasteiger partial charge is 0.225 e. The summed E-state index contributed by atoms with van der Waals surface area (Å²) in [4.78, 5) is 24.8. The van der Waals surface area contributed by atoms with Crippen molar-refractivity contribution in [1.29, 1.82) is 0 Å². The first-order valence-corrected chi connectivity index (χ1v) is 10.6. The molecule has 1 aliphatic heterocycles. The van der Waals surface area contributed by atoms with Crippen LogP contribution in [0.4, 0.5) is 5.69 Å². The van der Waals surface area contributed by atoms with Crippen LogP contribution >= 0.6 is 0 Å². The van der Waals surface area contributed by atoms with Crippen LogP contribution in [0.25, 0.3) is 11.0 Å². The zero-order valence-corrected chi connectivity index (χ0v) is 17.2. The average Bonchev–Trinajstić information content (AvgIpc) is 3.17. The van der Waals surface area contributed by atoms with Crippen LogP contribution in [0, 0.1) is 0 Å². The van der Waals surface area contributed by atoms with Crippen LogP contribution < -0.4 is 16.0 Å². The molecule has 3 aromatic rings. The van der Waals surface area contributed by atoms with Crippen molar-refractivity contribution in [3.63, 3.8) is 0 Å². The molecular weight excluding hydrogens is 376 g/mol. The minimum atomic E-state index is 0.0534. The standard InChI is InChI=1S/C23H28N6O/c1-2-24-23(25-13-7-12-21-27-19-10-5-6-11-20(19)28-21)26-15-16-14-22(30)29-18-9-4-3-8-17(16)18/h3-6,8-11,16H,2,7,12-15H2,1H3,(H,27,28)(H,29,30)(H2,24,25,26). The highest BCUT2D eigenvalue weighted by atomic mass is 16.1. The van der Waals surface area contributed by atoms with E-state index in [0.717, 1.165) is 60.0 Å².